The van der Waals surface area contributed by atoms with Gasteiger partial charge in [0.15, 0.2) is 0 Å². The van der Waals surface area contributed by atoms with Crippen LogP contribution in [0.4, 0.5) is 25.0 Å². The van der Waals surface area contributed by atoms with Gasteiger partial charge in [-0.1, -0.05) is 22.6 Å². The highest BCUT2D eigenvalue weighted by atomic mass is 127. The van der Waals surface area contributed by atoms with Gasteiger partial charge in [-0.15, -0.1) is 11.3 Å². The molecular weight excluding hydrogens is 613 g/mol. The zero-order valence-corrected chi connectivity index (χ0v) is 21.7. The van der Waals surface area contributed by atoms with E-state index < -0.39 is 33.2 Å². The molecule has 4 aromatic rings. The molecule has 0 saturated heterocycles. The molecular formula is C22H17F2IN4O4S2. The molecule has 0 spiro atoms. The largest absolute Gasteiger partial charge is 0.386 e. The molecule has 3 N–H and O–H groups in total. The average Bonchev–Trinajstić information content (AvgIpc) is 3.31. The maximum atomic E-state index is 14.7. The molecule has 2 aromatic heterocycles. The van der Waals surface area contributed by atoms with E-state index in [-0.39, 0.29) is 26.7 Å². The Kier molecular flexibility index (Phi) is 7.10. The molecule has 0 radical (unpaired) electrons. The van der Waals surface area contributed by atoms with Crippen LogP contribution in [0.1, 0.15) is 4.88 Å². The van der Waals surface area contributed by atoms with E-state index in [4.69, 9.17) is 0 Å². The van der Waals surface area contributed by atoms with Crippen molar-refractivity contribution in [1.82, 2.24) is 9.29 Å². The Hall–Kier alpha value is -3.04. The first-order chi connectivity index (χ1) is 16.6. The lowest BCUT2D eigenvalue weighted by molar-refractivity contribution is 0.256. The number of nitrogens with one attached hydrogen (secondary N) is 3. The summed E-state index contributed by atoms with van der Waals surface area (Å²) >= 11 is 3.11. The Morgan fingerprint density at radius 1 is 1.06 bits per heavy atom. The Labute approximate surface area is 216 Å². The molecule has 2 heterocycles. The number of pyridine rings is 1. The minimum Gasteiger partial charge on any atom is -0.386 e. The summed E-state index contributed by atoms with van der Waals surface area (Å²) in [7, 11) is -2.56. The minimum absolute atomic E-state index is 0.0379. The first kappa shape index (κ1) is 25.1. The van der Waals surface area contributed by atoms with Gasteiger partial charge in [-0.25, -0.2) is 26.7 Å². The molecule has 2 aromatic carbocycles. The summed E-state index contributed by atoms with van der Waals surface area (Å²) in [6, 6.07) is 9.64. The summed E-state index contributed by atoms with van der Waals surface area (Å²) in [5.74, 6) is -1.50. The van der Waals surface area contributed by atoms with Gasteiger partial charge in [0.1, 0.15) is 15.8 Å². The van der Waals surface area contributed by atoms with Crippen molar-refractivity contribution in [2.45, 2.75) is 8.64 Å². The van der Waals surface area contributed by atoms with Crippen molar-refractivity contribution >= 4 is 72.1 Å². The van der Waals surface area contributed by atoms with E-state index in [1.807, 2.05) is 4.72 Å². The number of amides is 2. The van der Waals surface area contributed by atoms with Crippen LogP contribution in [-0.4, -0.2) is 26.1 Å². The number of fused-ring (bicyclic) bond motifs is 1. The molecule has 0 saturated carbocycles. The fourth-order valence-electron chi connectivity index (χ4n) is 3.31. The van der Waals surface area contributed by atoms with Gasteiger partial charge in [0.25, 0.3) is 15.6 Å². The van der Waals surface area contributed by atoms with Crippen molar-refractivity contribution in [2.75, 3.05) is 17.7 Å². The highest BCUT2D eigenvalue weighted by molar-refractivity contribution is 14.1. The van der Waals surface area contributed by atoms with Crippen molar-refractivity contribution in [3.63, 3.8) is 0 Å². The summed E-state index contributed by atoms with van der Waals surface area (Å²) in [5.41, 5.74) is -0.481. The molecule has 4 rings (SSSR count). The third-order valence-electron chi connectivity index (χ3n) is 5.00. The van der Waals surface area contributed by atoms with Gasteiger partial charge in [-0.05, 0) is 47.9 Å². The normalized spacial score (nSPS) is 11.4. The minimum atomic E-state index is -4.12. The van der Waals surface area contributed by atoms with Crippen LogP contribution in [0.5, 0.6) is 0 Å². The van der Waals surface area contributed by atoms with Crippen LogP contribution in [0.2, 0.25) is 0 Å². The molecule has 0 aliphatic carbocycles. The number of hydrogen-bond acceptors (Lipinski definition) is 6. The highest BCUT2D eigenvalue weighted by Gasteiger charge is 2.21. The molecule has 182 valence electrons. The molecule has 0 fully saturated rings. The van der Waals surface area contributed by atoms with Gasteiger partial charge >= 0.3 is 6.03 Å². The first-order valence-corrected chi connectivity index (χ1v) is 13.8. The zero-order chi connectivity index (χ0) is 25.3. The predicted octanol–water partition coefficient (Wildman–Crippen LogP) is 4.82. The van der Waals surface area contributed by atoms with E-state index in [1.54, 1.807) is 19.2 Å². The van der Waals surface area contributed by atoms with Crippen molar-refractivity contribution in [1.29, 1.82) is 0 Å². The number of halogens is 3. The van der Waals surface area contributed by atoms with E-state index in [1.165, 1.54) is 30.5 Å². The number of urea groups is 1. The number of thiophene rings is 1. The van der Waals surface area contributed by atoms with Crippen LogP contribution in [0, 0.1) is 11.6 Å². The van der Waals surface area contributed by atoms with Crippen LogP contribution in [0.25, 0.3) is 16.5 Å². The van der Waals surface area contributed by atoms with Gasteiger partial charge in [-0.3, -0.25) is 9.36 Å². The third-order valence-corrected chi connectivity index (χ3v) is 9.25. The fourth-order valence-corrected chi connectivity index (χ4v) is 6.14. The van der Waals surface area contributed by atoms with Gasteiger partial charge in [0, 0.05) is 28.6 Å². The number of carbonyl (C=O) groups excluding carboxylic acids is 1. The van der Waals surface area contributed by atoms with Crippen molar-refractivity contribution in [2.24, 2.45) is 0 Å². The quantitative estimate of drug-likeness (QED) is 0.209. The summed E-state index contributed by atoms with van der Waals surface area (Å²) in [4.78, 5) is 25.9. The molecule has 0 aliphatic heterocycles. The van der Waals surface area contributed by atoms with Gasteiger partial charge in [0.05, 0.1) is 22.4 Å². The Morgan fingerprint density at radius 3 is 2.46 bits per heavy atom. The number of sulfonamides is 1. The predicted molar refractivity (Wildman–Crippen MR) is 140 cm³/mol. The molecule has 8 nitrogen and oxygen atoms in total. The molecule has 0 bridgehead atoms. The topological polar surface area (TPSA) is 109 Å². The second-order valence-corrected chi connectivity index (χ2v) is 11.1. The molecule has 0 aliphatic rings. The number of anilines is 2. The molecule has 0 unspecified atom stereocenters. The lowest BCUT2D eigenvalue weighted by atomic mass is 10.1. The maximum absolute atomic E-state index is 14.7. The van der Waals surface area contributed by atoms with Gasteiger partial charge < -0.3 is 10.6 Å². The van der Waals surface area contributed by atoms with Crippen LogP contribution < -0.4 is 20.9 Å². The maximum Gasteiger partial charge on any atom is 0.333 e. The van der Waals surface area contributed by atoms with Gasteiger partial charge in [-0.2, -0.15) is 0 Å². The number of rotatable bonds is 6. The van der Waals surface area contributed by atoms with Crippen LogP contribution in [0.3, 0.4) is 0 Å². The van der Waals surface area contributed by atoms with Gasteiger partial charge in [0.2, 0.25) is 0 Å². The van der Waals surface area contributed by atoms with E-state index in [2.05, 4.69) is 33.2 Å². The van der Waals surface area contributed by atoms with Crippen LogP contribution in [0.15, 0.2) is 63.7 Å². The molecule has 2 amide bonds. The van der Waals surface area contributed by atoms with E-state index in [9.17, 15) is 26.8 Å². The van der Waals surface area contributed by atoms with E-state index in [0.29, 0.717) is 9.81 Å². The van der Waals surface area contributed by atoms with Crippen molar-refractivity contribution in [3.8, 4) is 5.69 Å². The van der Waals surface area contributed by atoms with E-state index >= 15 is 0 Å². The second-order valence-electron chi connectivity index (χ2n) is 7.24. The Balaban J connectivity index is 1.57. The SMILES string of the molecule is CNc1cc2ccn(-c3ccc(NC(=O)NS(=O)(=O)c4ccc(CI)s4)c(F)c3)c(=O)c2cc1F. The summed E-state index contributed by atoms with van der Waals surface area (Å²) in [5, 5.41) is 5.47. The number of alkyl halides is 1. The molecule has 13 heteroatoms. The monoisotopic (exact) mass is 630 g/mol. The molecule has 35 heavy (non-hydrogen) atoms. The number of benzene rings is 2. The lowest BCUT2D eigenvalue weighted by Gasteiger charge is -2.12. The van der Waals surface area contributed by atoms with Crippen molar-refractivity contribution < 1.29 is 22.0 Å². The van der Waals surface area contributed by atoms with Crippen LogP contribution in [-0.2, 0) is 14.5 Å². The van der Waals surface area contributed by atoms with Crippen molar-refractivity contribution in [3.05, 3.63) is 81.6 Å². The first-order valence-electron chi connectivity index (χ1n) is 9.94. The molecule has 0 atom stereocenters. The Bertz CT molecular complexity index is 1620. The fraction of sp³-hybridized carbons (Fsp3) is 0.0909. The Morgan fingerprint density at radius 2 is 1.80 bits per heavy atom. The summed E-state index contributed by atoms with van der Waals surface area (Å²) in [6.45, 7) is 0. The third kappa shape index (κ3) is 5.16. The van der Waals surface area contributed by atoms with E-state index in [0.717, 1.165) is 32.9 Å². The number of aromatic nitrogens is 1. The summed E-state index contributed by atoms with van der Waals surface area (Å²) < 4.78 is 57.2. The highest BCUT2D eigenvalue weighted by Crippen LogP contribution is 2.24. The number of nitrogens with zero attached hydrogens (tertiary/aromatic N) is 1. The standard InChI is InChI=1S/C22H17F2IN4O4S2/c1-26-19-8-12-6-7-29(21(30)15(12)10-17(19)24)13-2-4-18(16(23)9-13)27-22(31)28-35(32,33)20-5-3-14(11-25)34-20/h2-10,26H,11H2,1H3,(H2,27,28,31). The summed E-state index contributed by atoms with van der Waals surface area (Å²) in [6.07, 6.45) is 1.42. The van der Waals surface area contributed by atoms with Crippen LogP contribution >= 0.6 is 33.9 Å². The zero-order valence-electron chi connectivity index (χ0n) is 17.9. The lowest BCUT2D eigenvalue weighted by Crippen LogP contribution is -2.34. The number of carbonyl (C=O) groups is 1. The second kappa shape index (κ2) is 9.91. The smallest absolute Gasteiger partial charge is 0.333 e. The average molecular weight is 630 g/mol. The number of hydrogen-bond donors (Lipinski definition) is 3.